The van der Waals surface area contributed by atoms with Crippen molar-refractivity contribution < 1.29 is 32.2 Å². The molecule has 138 valence electrons. The zero-order chi connectivity index (χ0) is 18.4. The van der Waals surface area contributed by atoms with Crippen LogP contribution in [0.2, 0.25) is 0 Å². The highest BCUT2D eigenvalue weighted by atomic mass is 32.2. The van der Waals surface area contributed by atoms with E-state index >= 15 is 0 Å². The molecule has 0 spiro atoms. The lowest BCUT2D eigenvalue weighted by molar-refractivity contribution is -0.144. The fourth-order valence-electron chi connectivity index (χ4n) is 2.13. The number of carbonyl (C=O) groups excluding carboxylic acids is 2. The maximum Gasteiger partial charge on any atom is 0.324 e. The topological polar surface area (TPSA) is 108 Å². The smallest absolute Gasteiger partial charge is 0.324 e. The van der Waals surface area contributed by atoms with E-state index in [9.17, 15) is 18.0 Å². The maximum atomic E-state index is 12.1. The number of ether oxygens (including phenoxy) is 3. The molecule has 8 nitrogen and oxygen atoms in total. The first-order chi connectivity index (χ1) is 11.8. The monoisotopic (exact) mass is 371 g/mol. The van der Waals surface area contributed by atoms with Crippen LogP contribution in [0.4, 0.5) is 0 Å². The molecule has 0 saturated heterocycles. The summed E-state index contributed by atoms with van der Waals surface area (Å²) in [4.78, 5) is 24.0. The Morgan fingerprint density at radius 1 is 1.28 bits per heavy atom. The van der Waals surface area contributed by atoms with Crippen molar-refractivity contribution in [3.63, 3.8) is 0 Å². The van der Waals surface area contributed by atoms with Crippen LogP contribution in [0.15, 0.2) is 18.2 Å². The maximum absolute atomic E-state index is 12.1. The Labute approximate surface area is 146 Å². The molecule has 2 rings (SSSR count). The van der Waals surface area contributed by atoms with Crippen LogP contribution in [0.3, 0.4) is 0 Å². The molecule has 9 heteroatoms. The Bertz CT molecular complexity index is 745. The number of Topliss-reactive ketones (excluding diaryl/α,β-unsaturated/α-hetero) is 1. The Balaban J connectivity index is 1.85. The van der Waals surface area contributed by atoms with Crippen LogP contribution in [-0.4, -0.2) is 45.4 Å². The van der Waals surface area contributed by atoms with E-state index in [1.54, 1.807) is 12.1 Å². The standard InChI is InChI=1S/C16H21NO7S/c1-3-4-7-25(20,21)17-11(2)16(19)22-9-13(18)12-5-6-14-15(8-12)24-10-23-14/h5-6,8,11,17H,3-4,7,9-10H2,1-2H3/t11-/m0/s1. The number of benzene rings is 1. The van der Waals surface area contributed by atoms with Gasteiger partial charge in [0, 0.05) is 5.56 Å². The number of carbonyl (C=O) groups is 2. The van der Waals surface area contributed by atoms with Gasteiger partial charge in [0.25, 0.3) is 0 Å². The van der Waals surface area contributed by atoms with Crippen molar-refractivity contribution in [2.75, 3.05) is 19.2 Å². The van der Waals surface area contributed by atoms with E-state index in [1.165, 1.54) is 13.0 Å². The number of esters is 1. The molecule has 0 unspecified atom stereocenters. The third-order valence-corrected chi connectivity index (χ3v) is 5.06. The number of ketones is 1. The lowest BCUT2D eigenvalue weighted by Gasteiger charge is -2.13. The van der Waals surface area contributed by atoms with Gasteiger partial charge in [-0.3, -0.25) is 9.59 Å². The molecular weight excluding hydrogens is 350 g/mol. The SMILES string of the molecule is CCCCS(=O)(=O)N[C@@H](C)C(=O)OCC(=O)c1ccc2c(c1)OCO2. The lowest BCUT2D eigenvalue weighted by atomic mass is 10.1. The first-order valence-electron chi connectivity index (χ1n) is 7.92. The normalized spacial score (nSPS) is 14.2. The van der Waals surface area contributed by atoms with Gasteiger partial charge < -0.3 is 14.2 Å². The summed E-state index contributed by atoms with van der Waals surface area (Å²) >= 11 is 0. The number of fused-ring (bicyclic) bond motifs is 1. The van der Waals surface area contributed by atoms with Crippen LogP contribution in [-0.2, 0) is 19.6 Å². The molecule has 0 amide bonds. The first kappa shape index (κ1) is 19.2. The molecule has 25 heavy (non-hydrogen) atoms. The summed E-state index contributed by atoms with van der Waals surface area (Å²) in [5.74, 6) is -0.295. The first-order valence-corrected chi connectivity index (χ1v) is 9.57. The molecule has 1 aliphatic heterocycles. The summed E-state index contributed by atoms with van der Waals surface area (Å²) in [7, 11) is -3.55. The minimum atomic E-state index is -3.55. The van der Waals surface area contributed by atoms with E-state index in [1.807, 2.05) is 6.92 Å². The second-order valence-electron chi connectivity index (χ2n) is 5.61. The molecule has 0 saturated carbocycles. The minimum Gasteiger partial charge on any atom is -0.456 e. The fourth-order valence-corrected chi connectivity index (χ4v) is 3.55. The summed E-state index contributed by atoms with van der Waals surface area (Å²) in [5.41, 5.74) is 0.313. The van der Waals surface area contributed by atoms with Crippen molar-refractivity contribution >= 4 is 21.8 Å². The minimum absolute atomic E-state index is 0.0583. The third kappa shape index (κ3) is 5.43. The van der Waals surface area contributed by atoms with Crippen LogP contribution in [0, 0.1) is 0 Å². The number of sulfonamides is 1. The number of hydrogen-bond donors (Lipinski definition) is 1. The van der Waals surface area contributed by atoms with Crippen molar-refractivity contribution in [2.45, 2.75) is 32.7 Å². The quantitative estimate of drug-likeness (QED) is 0.514. The van der Waals surface area contributed by atoms with Gasteiger partial charge in [-0.25, -0.2) is 13.1 Å². The molecule has 0 aromatic heterocycles. The summed E-state index contributed by atoms with van der Waals surface area (Å²) in [6.07, 6.45) is 1.23. The zero-order valence-electron chi connectivity index (χ0n) is 14.1. The fraction of sp³-hybridized carbons (Fsp3) is 0.500. The van der Waals surface area contributed by atoms with E-state index in [2.05, 4.69) is 4.72 Å². The van der Waals surface area contributed by atoms with Crippen LogP contribution >= 0.6 is 0 Å². The molecular formula is C16H21NO7S. The van der Waals surface area contributed by atoms with E-state index in [4.69, 9.17) is 14.2 Å². The summed E-state index contributed by atoms with van der Waals surface area (Å²) in [5, 5.41) is 0. The van der Waals surface area contributed by atoms with Crippen LogP contribution in [0.1, 0.15) is 37.0 Å². The molecule has 1 aliphatic rings. The summed E-state index contributed by atoms with van der Waals surface area (Å²) in [6.45, 7) is 2.85. The van der Waals surface area contributed by atoms with Gasteiger partial charge in [0.05, 0.1) is 5.75 Å². The van der Waals surface area contributed by atoms with Gasteiger partial charge in [0.15, 0.2) is 23.9 Å². The molecule has 1 aromatic rings. The number of rotatable bonds is 9. The van der Waals surface area contributed by atoms with Gasteiger partial charge in [-0.1, -0.05) is 13.3 Å². The van der Waals surface area contributed by atoms with E-state index < -0.39 is 34.4 Å². The van der Waals surface area contributed by atoms with Crippen LogP contribution in [0.25, 0.3) is 0 Å². The average molecular weight is 371 g/mol. The van der Waals surface area contributed by atoms with E-state index in [0.29, 0.717) is 23.5 Å². The predicted molar refractivity (Wildman–Crippen MR) is 89.1 cm³/mol. The Kier molecular flexibility index (Phi) is 6.38. The largest absolute Gasteiger partial charge is 0.456 e. The van der Waals surface area contributed by atoms with Crippen molar-refractivity contribution in [3.05, 3.63) is 23.8 Å². The van der Waals surface area contributed by atoms with Gasteiger partial charge in [-0.15, -0.1) is 0 Å². The highest BCUT2D eigenvalue weighted by Crippen LogP contribution is 2.32. The van der Waals surface area contributed by atoms with Crippen molar-refractivity contribution in [1.29, 1.82) is 0 Å². The average Bonchev–Trinajstić information content (AvgIpc) is 3.04. The highest BCUT2D eigenvalue weighted by molar-refractivity contribution is 7.89. The number of unbranched alkanes of at least 4 members (excludes halogenated alkanes) is 1. The molecule has 0 fully saturated rings. The molecule has 0 bridgehead atoms. The second kappa shape index (κ2) is 8.30. The van der Waals surface area contributed by atoms with Crippen LogP contribution < -0.4 is 14.2 Å². The second-order valence-corrected chi connectivity index (χ2v) is 7.48. The molecule has 1 atom stereocenters. The summed E-state index contributed by atoms with van der Waals surface area (Å²) in [6, 6.07) is 3.59. The van der Waals surface area contributed by atoms with Crippen molar-refractivity contribution in [2.24, 2.45) is 0 Å². The molecule has 0 aliphatic carbocycles. The Hall–Kier alpha value is -2.13. The Morgan fingerprint density at radius 2 is 2.00 bits per heavy atom. The third-order valence-electron chi connectivity index (χ3n) is 3.52. The van der Waals surface area contributed by atoms with Crippen molar-refractivity contribution in [3.8, 4) is 11.5 Å². The Morgan fingerprint density at radius 3 is 2.72 bits per heavy atom. The van der Waals surface area contributed by atoms with E-state index in [-0.39, 0.29) is 12.5 Å². The van der Waals surface area contributed by atoms with Gasteiger partial charge >= 0.3 is 5.97 Å². The lowest BCUT2D eigenvalue weighted by Crippen LogP contribution is -2.41. The molecule has 1 aromatic carbocycles. The van der Waals surface area contributed by atoms with Gasteiger partial charge in [0.1, 0.15) is 6.04 Å². The molecule has 0 radical (unpaired) electrons. The van der Waals surface area contributed by atoms with E-state index in [0.717, 1.165) is 6.42 Å². The van der Waals surface area contributed by atoms with Gasteiger partial charge in [-0.05, 0) is 31.5 Å². The van der Waals surface area contributed by atoms with Crippen LogP contribution in [0.5, 0.6) is 11.5 Å². The number of nitrogens with one attached hydrogen (secondary N) is 1. The zero-order valence-corrected chi connectivity index (χ0v) is 14.9. The molecule has 1 heterocycles. The van der Waals surface area contributed by atoms with Crippen molar-refractivity contribution in [1.82, 2.24) is 4.72 Å². The number of hydrogen-bond acceptors (Lipinski definition) is 7. The summed E-state index contributed by atoms with van der Waals surface area (Å²) < 4.78 is 41.0. The predicted octanol–water partition coefficient (Wildman–Crippen LogP) is 1.25. The molecule has 1 N–H and O–H groups in total. The van der Waals surface area contributed by atoms with Gasteiger partial charge in [-0.2, -0.15) is 0 Å². The van der Waals surface area contributed by atoms with Gasteiger partial charge in [0.2, 0.25) is 16.8 Å². The highest BCUT2D eigenvalue weighted by Gasteiger charge is 2.22.